The number of pyridine rings is 1. The average molecular weight is 252 g/mol. The molecule has 2 atom stereocenters. The van der Waals surface area contributed by atoms with Crippen molar-refractivity contribution in [2.75, 3.05) is 6.54 Å². The highest BCUT2D eigenvalue weighted by molar-refractivity contribution is 5.85. The monoisotopic (exact) mass is 252 g/mol. The summed E-state index contributed by atoms with van der Waals surface area (Å²) in [6.07, 6.45) is 9.41. The van der Waals surface area contributed by atoms with Crippen LogP contribution in [-0.4, -0.2) is 17.6 Å². The standard InChI is InChI=1S/C17H20N2/c1-2-12-8-9-18-11-17(12)16(3-1)15-7-4-13(15)10-19-14-5-6-14/h1-3,8-9,11,13-15,19H,4-7,10H2. The second kappa shape index (κ2) is 4.61. The van der Waals surface area contributed by atoms with E-state index in [4.69, 9.17) is 0 Å². The Labute approximate surface area is 114 Å². The predicted molar refractivity (Wildman–Crippen MR) is 78.2 cm³/mol. The van der Waals surface area contributed by atoms with Crippen LogP contribution in [0.1, 0.15) is 37.2 Å². The third-order valence-corrected chi connectivity index (χ3v) is 4.78. The minimum absolute atomic E-state index is 0.735. The summed E-state index contributed by atoms with van der Waals surface area (Å²) in [5.74, 6) is 1.56. The first-order chi connectivity index (χ1) is 9.42. The Hall–Kier alpha value is -1.41. The molecule has 0 spiro atoms. The van der Waals surface area contributed by atoms with Gasteiger partial charge in [-0.3, -0.25) is 4.98 Å². The topological polar surface area (TPSA) is 24.9 Å². The van der Waals surface area contributed by atoms with Crippen molar-refractivity contribution in [3.63, 3.8) is 0 Å². The molecule has 2 aromatic rings. The fourth-order valence-corrected chi connectivity index (χ4v) is 3.29. The maximum atomic E-state index is 4.31. The maximum absolute atomic E-state index is 4.31. The molecule has 2 heteroatoms. The molecule has 2 aliphatic rings. The minimum atomic E-state index is 0.735. The van der Waals surface area contributed by atoms with Gasteiger partial charge < -0.3 is 5.32 Å². The molecule has 1 aromatic heterocycles. The molecule has 2 saturated carbocycles. The molecule has 98 valence electrons. The van der Waals surface area contributed by atoms with Gasteiger partial charge in [0.25, 0.3) is 0 Å². The van der Waals surface area contributed by atoms with E-state index in [0.29, 0.717) is 0 Å². The zero-order chi connectivity index (χ0) is 12.7. The first-order valence-corrected chi connectivity index (χ1v) is 7.48. The van der Waals surface area contributed by atoms with E-state index in [9.17, 15) is 0 Å². The van der Waals surface area contributed by atoms with E-state index < -0.39 is 0 Å². The van der Waals surface area contributed by atoms with Crippen molar-refractivity contribution in [2.45, 2.75) is 37.6 Å². The summed E-state index contributed by atoms with van der Waals surface area (Å²) in [5, 5.41) is 6.37. The van der Waals surface area contributed by atoms with Gasteiger partial charge in [-0.15, -0.1) is 0 Å². The molecule has 19 heavy (non-hydrogen) atoms. The zero-order valence-electron chi connectivity index (χ0n) is 11.2. The van der Waals surface area contributed by atoms with E-state index in [1.807, 2.05) is 12.4 Å². The van der Waals surface area contributed by atoms with Gasteiger partial charge in [0.05, 0.1) is 0 Å². The third kappa shape index (κ3) is 2.14. The molecule has 0 bridgehead atoms. The van der Waals surface area contributed by atoms with Gasteiger partial charge >= 0.3 is 0 Å². The van der Waals surface area contributed by atoms with Crippen LogP contribution in [0.3, 0.4) is 0 Å². The van der Waals surface area contributed by atoms with Gasteiger partial charge in [-0.1, -0.05) is 18.2 Å². The van der Waals surface area contributed by atoms with Crippen molar-refractivity contribution in [1.82, 2.24) is 10.3 Å². The molecule has 0 saturated heterocycles. The van der Waals surface area contributed by atoms with Crippen molar-refractivity contribution < 1.29 is 0 Å². The van der Waals surface area contributed by atoms with Gasteiger partial charge in [-0.05, 0) is 61.1 Å². The lowest BCUT2D eigenvalue weighted by atomic mass is 9.69. The average Bonchev–Trinajstić information content (AvgIpc) is 3.22. The first-order valence-electron chi connectivity index (χ1n) is 7.48. The summed E-state index contributed by atoms with van der Waals surface area (Å²) in [6.45, 7) is 1.20. The fourth-order valence-electron chi connectivity index (χ4n) is 3.29. The Kier molecular flexibility index (Phi) is 2.77. The van der Waals surface area contributed by atoms with Crippen molar-refractivity contribution in [2.24, 2.45) is 5.92 Å². The predicted octanol–water partition coefficient (Wildman–Crippen LogP) is 3.48. The highest BCUT2D eigenvalue weighted by atomic mass is 14.9. The van der Waals surface area contributed by atoms with E-state index >= 15 is 0 Å². The fraction of sp³-hybridized carbons (Fsp3) is 0.471. The molecule has 4 rings (SSSR count). The van der Waals surface area contributed by atoms with Crippen LogP contribution in [0, 0.1) is 5.92 Å². The highest BCUT2D eigenvalue weighted by Crippen LogP contribution is 2.44. The number of hydrogen-bond acceptors (Lipinski definition) is 2. The molecule has 2 nitrogen and oxygen atoms in total. The van der Waals surface area contributed by atoms with E-state index in [1.165, 1.54) is 48.6 Å². The van der Waals surface area contributed by atoms with E-state index in [0.717, 1.165) is 17.9 Å². The minimum Gasteiger partial charge on any atom is -0.314 e. The van der Waals surface area contributed by atoms with Gasteiger partial charge in [-0.25, -0.2) is 0 Å². The van der Waals surface area contributed by atoms with Crippen LogP contribution in [0.5, 0.6) is 0 Å². The van der Waals surface area contributed by atoms with Crippen molar-refractivity contribution in [3.05, 3.63) is 42.2 Å². The summed E-state index contributed by atoms with van der Waals surface area (Å²) in [6, 6.07) is 9.64. The van der Waals surface area contributed by atoms with Crippen molar-refractivity contribution in [3.8, 4) is 0 Å². The highest BCUT2D eigenvalue weighted by Gasteiger charge is 2.34. The lowest BCUT2D eigenvalue weighted by Gasteiger charge is -2.38. The van der Waals surface area contributed by atoms with E-state index in [-0.39, 0.29) is 0 Å². The molecule has 2 aliphatic carbocycles. The number of fused-ring (bicyclic) bond motifs is 1. The molecule has 1 heterocycles. The second-order valence-corrected chi connectivity index (χ2v) is 6.07. The largest absolute Gasteiger partial charge is 0.314 e. The van der Waals surface area contributed by atoms with Crippen LogP contribution in [0.25, 0.3) is 10.8 Å². The van der Waals surface area contributed by atoms with Crippen LogP contribution < -0.4 is 5.32 Å². The maximum Gasteiger partial charge on any atom is 0.0349 e. The molecule has 1 N–H and O–H groups in total. The molecule has 1 aromatic carbocycles. The number of hydrogen-bond donors (Lipinski definition) is 1. The number of nitrogens with zero attached hydrogens (tertiary/aromatic N) is 1. The Morgan fingerprint density at radius 3 is 2.84 bits per heavy atom. The quantitative estimate of drug-likeness (QED) is 0.901. The van der Waals surface area contributed by atoms with Gasteiger partial charge in [0.1, 0.15) is 0 Å². The Balaban J connectivity index is 1.59. The summed E-state index contributed by atoms with van der Waals surface area (Å²) >= 11 is 0. The molecule has 2 unspecified atom stereocenters. The number of rotatable bonds is 4. The smallest absolute Gasteiger partial charge is 0.0349 e. The third-order valence-electron chi connectivity index (χ3n) is 4.78. The number of aromatic nitrogens is 1. The zero-order valence-corrected chi connectivity index (χ0v) is 11.2. The molecular formula is C17H20N2. The summed E-state index contributed by atoms with van der Waals surface area (Å²) in [5.41, 5.74) is 1.51. The van der Waals surface area contributed by atoms with Crippen LogP contribution in [0.4, 0.5) is 0 Å². The number of nitrogens with one attached hydrogen (secondary N) is 1. The van der Waals surface area contributed by atoms with Gasteiger partial charge in [0.2, 0.25) is 0 Å². The lowest BCUT2D eigenvalue weighted by Crippen LogP contribution is -2.34. The Morgan fingerprint density at radius 1 is 1.11 bits per heavy atom. The van der Waals surface area contributed by atoms with Gasteiger partial charge in [0, 0.05) is 23.8 Å². The number of benzene rings is 1. The lowest BCUT2D eigenvalue weighted by molar-refractivity contribution is 0.246. The normalized spacial score (nSPS) is 26.3. The van der Waals surface area contributed by atoms with Crippen molar-refractivity contribution >= 4 is 10.8 Å². The Morgan fingerprint density at radius 2 is 2.05 bits per heavy atom. The molecule has 2 fully saturated rings. The van der Waals surface area contributed by atoms with Crippen LogP contribution in [0.15, 0.2) is 36.7 Å². The molecular weight excluding hydrogens is 232 g/mol. The van der Waals surface area contributed by atoms with Crippen LogP contribution >= 0.6 is 0 Å². The molecule has 0 amide bonds. The Bertz CT molecular complexity index is 583. The summed E-state index contributed by atoms with van der Waals surface area (Å²) in [4.78, 5) is 4.31. The first kappa shape index (κ1) is 11.4. The van der Waals surface area contributed by atoms with E-state index in [1.54, 1.807) is 0 Å². The van der Waals surface area contributed by atoms with Crippen LogP contribution in [0.2, 0.25) is 0 Å². The van der Waals surface area contributed by atoms with Crippen molar-refractivity contribution in [1.29, 1.82) is 0 Å². The summed E-state index contributed by atoms with van der Waals surface area (Å²) in [7, 11) is 0. The van der Waals surface area contributed by atoms with E-state index in [2.05, 4.69) is 34.6 Å². The van der Waals surface area contributed by atoms with Crippen LogP contribution in [-0.2, 0) is 0 Å². The van der Waals surface area contributed by atoms with Gasteiger partial charge in [-0.2, -0.15) is 0 Å². The summed E-state index contributed by atoms with van der Waals surface area (Å²) < 4.78 is 0. The van der Waals surface area contributed by atoms with Gasteiger partial charge in [0.15, 0.2) is 0 Å². The second-order valence-electron chi connectivity index (χ2n) is 6.07. The SMILES string of the molecule is c1cc(C2CCC2CNC2CC2)c2cnccc2c1. The molecule has 0 radical (unpaired) electrons. The molecule has 0 aliphatic heterocycles.